The molecule has 2 atom stereocenters. The number of amides is 1. The van der Waals surface area contributed by atoms with Crippen LogP contribution in [0.3, 0.4) is 0 Å². The maximum absolute atomic E-state index is 12.3. The van der Waals surface area contributed by atoms with Gasteiger partial charge in [-0.3, -0.25) is 4.79 Å². The van der Waals surface area contributed by atoms with Crippen molar-refractivity contribution in [3.05, 3.63) is 54.1 Å². The van der Waals surface area contributed by atoms with Crippen molar-refractivity contribution in [2.24, 2.45) is 16.9 Å². The summed E-state index contributed by atoms with van der Waals surface area (Å²) in [6.07, 6.45) is 6.33. The Morgan fingerprint density at radius 2 is 2.00 bits per heavy atom. The van der Waals surface area contributed by atoms with Crippen LogP contribution < -0.4 is 5.43 Å². The van der Waals surface area contributed by atoms with Crippen LogP contribution in [0.15, 0.2) is 53.7 Å². The summed E-state index contributed by atoms with van der Waals surface area (Å²) >= 11 is 0. The molecule has 110 valence electrons. The number of hydrogen-bond acceptors (Lipinski definition) is 3. The van der Waals surface area contributed by atoms with E-state index in [1.807, 2.05) is 24.3 Å². The van der Waals surface area contributed by atoms with Gasteiger partial charge in [-0.1, -0.05) is 36.4 Å². The number of nitrogens with zero attached hydrogens (tertiary/aromatic N) is 1. The Balaban J connectivity index is 1.55. The molecule has 0 radical (unpaired) electrons. The average Bonchev–Trinajstić information content (AvgIpc) is 2.88. The molecule has 2 N–H and O–H groups in total. The minimum absolute atomic E-state index is 0.0228. The number of carbonyl (C=O) groups is 1. The van der Waals surface area contributed by atoms with Gasteiger partial charge < -0.3 is 5.11 Å². The molecule has 2 aliphatic rings. The summed E-state index contributed by atoms with van der Waals surface area (Å²) in [7, 11) is 0. The standard InChI is InChI=1S/C18H16N2O2/c21-17-10-12-5-2-1-4-11(12)8-15(17)18(22)20-19-16-9-13-6-3-7-14(13)16/h1-6,8,10,13-14,21H,7,9H2,(H,20,22)/b19-16+/t13-,14-/m1/s1. The van der Waals surface area contributed by atoms with E-state index in [1.54, 1.807) is 12.1 Å². The Bertz CT molecular complexity index is 823. The molecule has 0 unspecified atom stereocenters. The molecule has 2 aromatic carbocycles. The monoisotopic (exact) mass is 292 g/mol. The molecule has 2 aliphatic carbocycles. The molecule has 0 heterocycles. The second-order valence-electron chi connectivity index (χ2n) is 5.90. The van der Waals surface area contributed by atoms with Crippen LogP contribution in [0.25, 0.3) is 10.8 Å². The number of hydrogen-bond donors (Lipinski definition) is 2. The van der Waals surface area contributed by atoms with Crippen molar-refractivity contribution in [3.63, 3.8) is 0 Å². The van der Waals surface area contributed by atoms with E-state index in [-0.39, 0.29) is 17.2 Å². The molecule has 22 heavy (non-hydrogen) atoms. The number of benzene rings is 2. The fourth-order valence-electron chi connectivity index (χ4n) is 3.26. The molecule has 0 aromatic heterocycles. The number of allylic oxidation sites excluding steroid dienone is 2. The van der Waals surface area contributed by atoms with E-state index in [4.69, 9.17) is 0 Å². The maximum atomic E-state index is 12.3. The number of nitrogens with one attached hydrogen (secondary N) is 1. The summed E-state index contributed by atoms with van der Waals surface area (Å²) < 4.78 is 0. The molecule has 0 spiro atoms. The van der Waals surface area contributed by atoms with Gasteiger partial charge in [-0.15, -0.1) is 0 Å². The first-order valence-corrected chi connectivity index (χ1v) is 7.47. The number of rotatable bonds is 2. The number of fused-ring (bicyclic) bond motifs is 2. The second-order valence-corrected chi connectivity index (χ2v) is 5.90. The topological polar surface area (TPSA) is 61.7 Å². The van der Waals surface area contributed by atoms with Gasteiger partial charge in [0.1, 0.15) is 5.75 Å². The summed E-state index contributed by atoms with van der Waals surface area (Å²) in [5.74, 6) is 0.672. The van der Waals surface area contributed by atoms with Crippen LogP contribution in [-0.2, 0) is 0 Å². The van der Waals surface area contributed by atoms with Crippen LogP contribution in [0.5, 0.6) is 5.75 Å². The Hall–Kier alpha value is -2.62. The first-order valence-electron chi connectivity index (χ1n) is 7.47. The molecule has 1 saturated carbocycles. The lowest BCUT2D eigenvalue weighted by Crippen LogP contribution is -2.35. The van der Waals surface area contributed by atoms with E-state index in [2.05, 4.69) is 22.7 Å². The summed E-state index contributed by atoms with van der Waals surface area (Å²) in [4.78, 5) is 12.3. The van der Waals surface area contributed by atoms with Gasteiger partial charge in [0.05, 0.1) is 5.56 Å². The average molecular weight is 292 g/mol. The molecule has 0 aliphatic heterocycles. The normalized spacial score (nSPS) is 24.3. The fourth-order valence-corrected chi connectivity index (χ4v) is 3.26. The van der Waals surface area contributed by atoms with Crippen LogP contribution in [0.4, 0.5) is 0 Å². The molecule has 0 saturated heterocycles. The lowest BCUT2D eigenvalue weighted by Gasteiger charge is -2.31. The van der Waals surface area contributed by atoms with Gasteiger partial charge >= 0.3 is 0 Å². The molecular weight excluding hydrogens is 276 g/mol. The van der Waals surface area contributed by atoms with Crippen LogP contribution in [0.2, 0.25) is 0 Å². The van der Waals surface area contributed by atoms with Crippen molar-refractivity contribution < 1.29 is 9.90 Å². The van der Waals surface area contributed by atoms with E-state index in [1.165, 1.54) is 0 Å². The van der Waals surface area contributed by atoms with Crippen molar-refractivity contribution in [2.45, 2.75) is 12.8 Å². The first kappa shape index (κ1) is 13.1. The molecule has 4 rings (SSSR count). The quantitative estimate of drug-likeness (QED) is 0.659. The predicted octanol–water partition coefficient (Wildman–Crippen LogP) is 3.23. The minimum atomic E-state index is -0.370. The number of phenols is 1. The number of phenolic OH excluding ortho intramolecular Hbond substituents is 1. The van der Waals surface area contributed by atoms with Gasteiger partial charge in [0.15, 0.2) is 0 Å². The Morgan fingerprint density at radius 3 is 2.77 bits per heavy atom. The highest BCUT2D eigenvalue weighted by molar-refractivity contribution is 6.02. The van der Waals surface area contributed by atoms with Crippen molar-refractivity contribution in [2.75, 3.05) is 0 Å². The van der Waals surface area contributed by atoms with Crippen LogP contribution in [-0.4, -0.2) is 16.7 Å². The molecule has 4 heteroatoms. The number of aromatic hydroxyl groups is 1. The number of hydrazone groups is 1. The van der Waals surface area contributed by atoms with Crippen molar-refractivity contribution in [3.8, 4) is 5.75 Å². The van der Waals surface area contributed by atoms with Crippen molar-refractivity contribution >= 4 is 22.4 Å². The summed E-state index contributed by atoms with van der Waals surface area (Å²) in [5, 5.41) is 16.1. The third-order valence-corrected chi connectivity index (χ3v) is 4.57. The Morgan fingerprint density at radius 1 is 1.23 bits per heavy atom. The van der Waals surface area contributed by atoms with Crippen LogP contribution >= 0.6 is 0 Å². The fraction of sp³-hybridized carbons (Fsp3) is 0.222. The van der Waals surface area contributed by atoms with Gasteiger partial charge in [0, 0.05) is 11.6 Å². The number of carbonyl (C=O) groups excluding carboxylic acids is 1. The summed E-state index contributed by atoms with van der Waals surface area (Å²) in [6, 6.07) is 10.9. The molecule has 2 aromatic rings. The smallest absolute Gasteiger partial charge is 0.275 e. The Kier molecular flexibility index (Phi) is 2.96. The van der Waals surface area contributed by atoms with Gasteiger partial charge in [-0.25, -0.2) is 5.43 Å². The minimum Gasteiger partial charge on any atom is -0.507 e. The molecule has 1 amide bonds. The first-order chi connectivity index (χ1) is 10.7. The third-order valence-electron chi connectivity index (χ3n) is 4.57. The third kappa shape index (κ3) is 2.08. The lowest BCUT2D eigenvalue weighted by atomic mass is 9.74. The van der Waals surface area contributed by atoms with Gasteiger partial charge in [0.2, 0.25) is 0 Å². The van der Waals surface area contributed by atoms with Gasteiger partial charge in [-0.05, 0) is 41.7 Å². The van der Waals surface area contributed by atoms with Gasteiger partial charge in [0.25, 0.3) is 5.91 Å². The zero-order chi connectivity index (χ0) is 15.1. The molecule has 4 nitrogen and oxygen atoms in total. The van der Waals surface area contributed by atoms with E-state index in [9.17, 15) is 9.90 Å². The zero-order valence-corrected chi connectivity index (χ0v) is 12.0. The highest BCUT2D eigenvalue weighted by Gasteiger charge is 2.38. The van der Waals surface area contributed by atoms with Gasteiger partial charge in [-0.2, -0.15) is 5.10 Å². The summed E-state index contributed by atoms with van der Waals surface area (Å²) in [5.41, 5.74) is 3.88. The highest BCUT2D eigenvalue weighted by atomic mass is 16.3. The summed E-state index contributed by atoms with van der Waals surface area (Å²) in [6.45, 7) is 0. The van der Waals surface area contributed by atoms with E-state index in [0.29, 0.717) is 11.8 Å². The van der Waals surface area contributed by atoms with Crippen molar-refractivity contribution in [1.82, 2.24) is 5.43 Å². The highest BCUT2D eigenvalue weighted by Crippen LogP contribution is 2.40. The molecule has 0 bridgehead atoms. The zero-order valence-electron chi connectivity index (χ0n) is 12.0. The Labute approximate surface area is 128 Å². The molecular formula is C18H16N2O2. The molecule has 1 fully saturated rings. The predicted molar refractivity (Wildman–Crippen MR) is 85.9 cm³/mol. The maximum Gasteiger partial charge on any atom is 0.275 e. The second kappa shape index (κ2) is 4.98. The van der Waals surface area contributed by atoms with Crippen molar-refractivity contribution in [1.29, 1.82) is 0 Å². The van der Waals surface area contributed by atoms with Crippen LogP contribution in [0.1, 0.15) is 23.2 Å². The van der Waals surface area contributed by atoms with Crippen LogP contribution in [0, 0.1) is 11.8 Å². The largest absolute Gasteiger partial charge is 0.507 e. The van der Waals surface area contributed by atoms with E-state index >= 15 is 0 Å². The lowest BCUT2D eigenvalue weighted by molar-refractivity contribution is 0.0951. The SMILES string of the molecule is O=C(N/N=C1\C[C@H]2C=CC[C@@H]12)c1cc2ccccc2cc1O. The van der Waals surface area contributed by atoms with E-state index < -0.39 is 0 Å². The van der Waals surface area contributed by atoms with E-state index in [0.717, 1.165) is 29.3 Å².